The molecule has 0 aliphatic heterocycles. The van der Waals surface area contributed by atoms with Crippen molar-refractivity contribution < 1.29 is 9.47 Å². The summed E-state index contributed by atoms with van der Waals surface area (Å²) in [4.78, 5) is 0. The van der Waals surface area contributed by atoms with E-state index in [-0.39, 0.29) is 0 Å². The SMILES string of the molecule is C=CCOc1ccc(CCNCc2cccc(OCc3ccccc3)c2)cc1. The highest BCUT2D eigenvalue weighted by molar-refractivity contribution is 5.29. The van der Waals surface area contributed by atoms with Gasteiger partial charge in [-0.25, -0.2) is 0 Å². The fourth-order valence-corrected chi connectivity index (χ4v) is 2.86. The summed E-state index contributed by atoms with van der Waals surface area (Å²) in [6.45, 7) is 6.52. The first-order valence-electron chi connectivity index (χ1n) is 9.62. The third-order valence-electron chi connectivity index (χ3n) is 4.36. The third kappa shape index (κ3) is 6.60. The molecule has 0 atom stereocenters. The number of hydrogen-bond donors (Lipinski definition) is 1. The van der Waals surface area contributed by atoms with Crippen molar-refractivity contribution in [2.45, 2.75) is 19.6 Å². The maximum absolute atomic E-state index is 5.90. The van der Waals surface area contributed by atoms with Crippen molar-refractivity contribution in [3.63, 3.8) is 0 Å². The molecule has 1 N–H and O–H groups in total. The van der Waals surface area contributed by atoms with Gasteiger partial charge in [0.1, 0.15) is 24.7 Å². The molecule has 0 spiro atoms. The minimum atomic E-state index is 0.537. The molecular weight excluding hydrogens is 346 g/mol. The summed E-state index contributed by atoms with van der Waals surface area (Å²) < 4.78 is 11.4. The first-order valence-corrected chi connectivity index (χ1v) is 9.62. The lowest BCUT2D eigenvalue weighted by molar-refractivity contribution is 0.306. The molecule has 0 fully saturated rings. The fourth-order valence-electron chi connectivity index (χ4n) is 2.86. The summed E-state index contributed by atoms with van der Waals surface area (Å²) in [6.07, 6.45) is 2.73. The minimum Gasteiger partial charge on any atom is -0.490 e. The highest BCUT2D eigenvalue weighted by Crippen LogP contribution is 2.15. The molecule has 0 radical (unpaired) electrons. The number of nitrogens with one attached hydrogen (secondary N) is 1. The first-order chi connectivity index (χ1) is 13.8. The smallest absolute Gasteiger partial charge is 0.120 e. The van der Waals surface area contributed by atoms with Gasteiger partial charge in [0.25, 0.3) is 0 Å². The second-order valence-corrected chi connectivity index (χ2v) is 6.59. The van der Waals surface area contributed by atoms with Crippen molar-refractivity contribution in [3.8, 4) is 11.5 Å². The van der Waals surface area contributed by atoms with Crippen LogP contribution in [0.4, 0.5) is 0 Å². The predicted octanol–water partition coefficient (Wildman–Crippen LogP) is 5.16. The Morgan fingerprint density at radius 2 is 1.54 bits per heavy atom. The second-order valence-electron chi connectivity index (χ2n) is 6.59. The van der Waals surface area contributed by atoms with Gasteiger partial charge < -0.3 is 14.8 Å². The molecule has 0 aromatic heterocycles. The first kappa shape index (κ1) is 19.7. The topological polar surface area (TPSA) is 30.5 Å². The number of benzene rings is 3. The van der Waals surface area contributed by atoms with Gasteiger partial charge in [-0.1, -0.05) is 67.3 Å². The Kier molecular flexibility index (Phi) is 7.71. The van der Waals surface area contributed by atoms with E-state index in [4.69, 9.17) is 9.47 Å². The van der Waals surface area contributed by atoms with Gasteiger partial charge in [-0.05, 0) is 53.9 Å². The normalized spacial score (nSPS) is 10.4. The Balaban J connectivity index is 1.40. The zero-order chi connectivity index (χ0) is 19.4. The van der Waals surface area contributed by atoms with Gasteiger partial charge in [-0.3, -0.25) is 0 Å². The molecule has 144 valence electrons. The van der Waals surface area contributed by atoms with Crippen LogP contribution in [0, 0.1) is 0 Å². The molecule has 3 heteroatoms. The molecule has 0 bridgehead atoms. The second kappa shape index (κ2) is 11.0. The molecule has 0 amide bonds. The number of hydrogen-bond acceptors (Lipinski definition) is 3. The minimum absolute atomic E-state index is 0.537. The standard InChI is InChI=1S/C25H27NO2/c1-2-17-27-24-13-11-21(12-14-24)15-16-26-19-23-9-6-10-25(18-23)28-20-22-7-4-3-5-8-22/h2-14,18,26H,1,15-17,19-20H2. The molecule has 3 aromatic carbocycles. The molecule has 0 saturated heterocycles. The van der Waals surface area contributed by atoms with Gasteiger partial charge in [0.2, 0.25) is 0 Å². The van der Waals surface area contributed by atoms with E-state index < -0.39 is 0 Å². The zero-order valence-electron chi connectivity index (χ0n) is 16.1. The molecule has 0 unspecified atom stereocenters. The number of ether oxygens (including phenoxy) is 2. The van der Waals surface area contributed by atoms with Crippen molar-refractivity contribution in [3.05, 3.63) is 108 Å². The van der Waals surface area contributed by atoms with Gasteiger partial charge in [-0.15, -0.1) is 0 Å². The Morgan fingerprint density at radius 3 is 2.32 bits per heavy atom. The van der Waals surface area contributed by atoms with Crippen molar-refractivity contribution in [2.24, 2.45) is 0 Å². The van der Waals surface area contributed by atoms with E-state index in [1.54, 1.807) is 6.08 Å². The van der Waals surface area contributed by atoms with Crippen LogP contribution in [0.3, 0.4) is 0 Å². The van der Waals surface area contributed by atoms with Gasteiger partial charge in [-0.2, -0.15) is 0 Å². The zero-order valence-corrected chi connectivity index (χ0v) is 16.1. The van der Waals surface area contributed by atoms with E-state index >= 15 is 0 Å². The molecule has 0 aliphatic rings. The van der Waals surface area contributed by atoms with Crippen LogP contribution in [0.2, 0.25) is 0 Å². The maximum atomic E-state index is 5.90. The Labute approximate surface area is 167 Å². The van der Waals surface area contributed by atoms with E-state index in [0.717, 1.165) is 31.0 Å². The van der Waals surface area contributed by atoms with E-state index in [1.807, 2.05) is 42.5 Å². The van der Waals surface area contributed by atoms with Crippen LogP contribution in [-0.2, 0) is 19.6 Å². The van der Waals surface area contributed by atoms with E-state index in [0.29, 0.717) is 13.2 Å². The Hall–Kier alpha value is -3.04. The molecular formula is C25H27NO2. The molecule has 3 rings (SSSR count). The molecule has 28 heavy (non-hydrogen) atoms. The summed E-state index contributed by atoms with van der Waals surface area (Å²) in [7, 11) is 0. The maximum Gasteiger partial charge on any atom is 0.120 e. The van der Waals surface area contributed by atoms with Crippen LogP contribution in [0.25, 0.3) is 0 Å². The van der Waals surface area contributed by atoms with Crippen LogP contribution in [0.15, 0.2) is 91.5 Å². The quantitative estimate of drug-likeness (QED) is 0.372. The summed E-state index contributed by atoms with van der Waals surface area (Å²) in [5, 5.41) is 3.50. The van der Waals surface area contributed by atoms with E-state index in [2.05, 4.69) is 48.3 Å². The van der Waals surface area contributed by atoms with Gasteiger partial charge in [0.05, 0.1) is 0 Å². The highest BCUT2D eigenvalue weighted by Gasteiger charge is 2.00. The van der Waals surface area contributed by atoms with Gasteiger partial charge in [0, 0.05) is 6.54 Å². The van der Waals surface area contributed by atoms with Crippen LogP contribution in [-0.4, -0.2) is 13.2 Å². The predicted molar refractivity (Wildman–Crippen MR) is 115 cm³/mol. The van der Waals surface area contributed by atoms with Crippen LogP contribution in [0.5, 0.6) is 11.5 Å². The van der Waals surface area contributed by atoms with Crippen LogP contribution >= 0.6 is 0 Å². The summed E-state index contributed by atoms with van der Waals surface area (Å²) in [5.41, 5.74) is 3.68. The lowest BCUT2D eigenvalue weighted by Crippen LogP contribution is -2.16. The highest BCUT2D eigenvalue weighted by atomic mass is 16.5. The fraction of sp³-hybridized carbons (Fsp3) is 0.200. The molecule has 0 saturated carbocycles. The summed E-state index contributed by atoms with van der Waals surface area (Å²) >= 11 is 0. The van der Waals surface area contributed by atoms with Crippen molar-refractivity contribution in [1.82, 2.24) is 5.32 Å². The average molecular weight is 373 g/mol. The largest absolute Gasteiger partial charge is 0.490 e. The van der Waals surface area contributed by atoms with Crippen molar-refractivity contribution >= 4 is 0 Å². The summed E-state index contributed by atoms with van der Waals surface area (Å²) in [5.74, 6) is 1.78. The molecule has 0 aliphatic carbocycles. The van der Waals surface area contributed by atoms with E-state index in [1.165, 1.54) is 16.7 Å². The van der Waals surface area contributed by atoms with Gasteiger partial charge >= 0.3 is 0 Å². The third-order valence-corrected chi connectivity index (χ3v) is 4.36. The lowest BCUT2D eigenvalue weighted by Gasteiger charge is -2.09. The monoisotopic (exact) mass is 373 g/mol. The van der Waals surface area contributed by atoms with Crippen molar-refractivity contribution in [2.75, 3.05) is 13.2 Å². The number of rotatable bonds is 11. The molecule has 3 nitrogen and oxygen atoms in total. The Bertz CT molecular complexity index is 844. The molecule has 0 heterocycles. The van der Waals surface area contributed by atoms with Crippen LogP contribution < -0.4 is 14.8 Å². The van der Waals surface area contributed by atoms with Crippen LogP contribution in [0.1, 0.15) is 16.7 Å². The summed E-state index contributed by atoms with van der Waals surface area (Å²) in [6, 6.07) is 26.7. The van der Waals surface area contributed by atoms with Crippen molar-refractivity contribution in [1.29, 1.82) is 0 Å². The van der Waals surface area contributed by atoms with Gasteiger partial charge in [0.15, 0.2) is 0 Å². The Morgan fingerprint density at radius 1 is 0.750 bits per heavy atom. The average Bonchev–Trinajstić information content (AvgIpc) is 2.76. The molecule has 3 aromatic rings. The van der Waals surface area contributed by atoms with E-state index in [9.17, 15) is 0 Å². The lowest BCUT2D eigenvalue weighted by atomic mass is 10.1.